The van der Waals surface area contributed by atoms with Crippen LogP contribution < -0.4 is 4.74 Å². The number of rotatable bonds is 5. The molecule has 19 heavy (non-hydrogen) atoms. The molecule has 1 aromatic heterocycles. The third-order valence-electron chi connectivity index (χ3n) is 2.84. The van der Waals surface area contributed by atoms with Crippen LogP contribution in [-0.2, 0) is 6.42 Å². The quantitative estimate of drug-likeness (QED) is 0.684. The van der Waals surface area contributed by atoms with Gasteiger partial charge in [-0.1, -0.05) is 28.9 Å². The molecule has 0 saturated carbocycles. The van der Waals surface area contributed by atoms with Crippen molar-refractivity contribution < 1.29 is 9.15 Å². The molecule has 0 radical (unpaired) electrons. The summed E-state index contributed by atoms with van der Waals surface area (Å²) in [4.78, 5) is 0. The zero-order chi connectivity index (χ0) is 13.8. The molecule has 0 aliphatic heterocycles. The van der Waals surface area contributed by atoms with Gasteiger partial charge in [-0.25, -0.2) is 0 Å². The lowest BCUT2D eigenvalue weighted by Crippen LogP contribution is -1.96. The number of ether oxygens (including phenoxy) is 1. The minimum atomic E-state index is -0.301. The maximum absolute atomic E-state index is 6.47. The maximum atomic E-state index is 6.47. The van der Waals surface area contributed by atoms with E-state index in [0.717, 1.165) is 33.7 Å². The zero-order valence-electron chi connectivity index (χ0n) is 11.0. The standard InChI is InChI=1S/C15H16BrClO2/c1-3-10-6-8-14(19-10)15(17)12-7-5-11(18-4-2)9-13(12)16/h5-9,15H,3-4H2,1-2H3. The fourth-order valence-electron chi connectivity index (χ4n) is 1.84. The van der Waals surface area contributed by atoms with Crippen LogP contribution >= 0.6 is 27.5 Å². The summed E-state index contributed by atoms with van der Waals surface area (Å²) in [6, 6.07) is 9.70. The van der Waals surface area contributed by atoms with Crippen molar-refractivity contribution in [3.63, 3.8) is 0 Å². The minimum Gasteiger partial charge on any atom is -0.494 e. The van der Waals surface area contributed by atoms with E-state index in [-0.39, 0.29) is 5.38 Å². The van der Waals surface area contributed by atoms with Crippen molar-refractivity contribution in [2.75, 3.05) is 6.61 Å². The topological polar surface area (TPSA) is 22.4 Å². The number of benzene rings is 1. The molecule has 0 saturated heterocycles. The van der Waals surface area contributed by atoms with Crippen molar-refractivity contribution in [2.24, 2.45) is 0 Å². The lowest BCUT2D eigenvalue weighted by atomic mass is 10.1. The number of hydrogen-bond acceptors (Lipinski definition) is 2. The molecule has 2 rings (SSSR count). The summed E-state index contributed by atoms with van der Waals surface area (Å²) in [5, 5.41) is -0.301. The summed E-state index contributed by atoms with van der Waals surface area (Å²) in [5.74, 6) is 2.54. The fraction of sp³-hybridized carbons (Fsp3) is 0.333. The predicted molar refractivity (Wildman–Crippen MR) is 81.1 cm³/mol. The molecule has 1 heterocycles. The van der Waals surface area contributed by atoms with Crippen molar-refractivity contribution in [3.8, 4) is 5.75 Å². The Morgan fingerprint density at radius 2 is 2.05 bits per heavy atom. The van der Waals surface area contributed by atoms with Crippen molar-refractivity contribution >= 4 is 27.5 Å². The molecule has 2 aromatic rings. The van der Waals surface area contributed by atoms with Crippen LogP contribution in [0.1, 0.15) is 36.3 Å². The van der Waals surface area contributed by atoms with Gasteiger partial charge >= 0.3 is 0 Å². The average molecular weight is 344 g/mol. The SMILES string of the molecule is CCOc1ccc(C(Cl)c2ccc(CC)o2)c(Br)c1. The van der Waals surface area contributed by atoms with Crippen molar-refractivity contribution in [1.29, 1.82) is 0 Å². The van der Waals surface area contributed by atoms with Gasteiger partial charge in [0.1, 0.15) is 22.6 Å². The number of aryl methyl sites for hydroxylation is 1. The first-order valence-corrected chi connectivity index (χ1v) is 7.53. The van der Waals surface area contributed by atoms with E-state index in [1.165, 1.54) is 0 Å². The van der Waals surface area contributed by atoms with Crippen LogP contribution in [0, 0.1) is 0 Å². The van der Waals surface area contributed by atoms with E-state index in [1.54, 1.807) is 0 Å². The normalized spacial score (nSPS) is 12.4. The van der Waals surface area contributed by atoms with E-state index in [4.69, 9.17) is 20.8 Å². The van der Waals surface area contributed by atoms with Gasteiger partial charge in [0.15, 0.2) is 0 Å². The van der Waals surface area contributed by atoms with E-state index in [9.17, 15) is 0 Å². The Hall–Kier alpha value is -0.930. The van der Waals surface area contributed by atoms with Crippen LogP contribution in [0.15, 0.2) is 39.2 Å². The molecule has 0 spiro atoms. The van der Waals surface area contributed by atoms with Gasteiger partial charge < -0.3 is 9.15 Å². The van der Waals surface area contributed by atoms with Gasteiger partial charge in [0, 0.05) is 10.9 Å². The Labute approximate surface area is 126 Å². The van der Waals surface area contributed by atoms with Crippen LogP contribution in [0.5, 0.6) is 5.75 Å². The number of hydrogen-bond donors (Lipinski definition) is 0. The molecular formula is C15H16BrClO2. The van der Waals surface area contributed by atoms with Gasteiger partial charge in [-0.15, -0.1) is 11.6 Å². The molecule has 1 unspecified atom stereocenters. The molecule has 0 bridgehead atoms. The first-order chi connectivity index (χ1) is 9.15. The van der Waals surface area contributed by atoms with Crippen LogP contribution in [0.25, 0.3) is 0 Å². The van der Waals surface area contributed by atoms with Gasteiger partial charge in [0.05, 0.1) is 6.61 Å². The highest BCUT2D eigenvalue weighted by atomic mass is 79.9. The minimum absolute atomic E-state index is 0.301. The van der Waals surface area contributed by atoms with E-state index in [2.05, 4.69) is 22.9 Å². The van der Waals surface area contributed by atoms with Gasteiger partial charge in [0.2, 0.25) is 0 Å². The summed E-state index contributed by atoms with van der Waals surface area (Å²) >= 11 is 10.0. The molecule has 1 aromatic carbocycles. The second-order valence-corrected chi connectivity index (χ2v) is 5.43. The lowest BCUT2D eigenvalue weighted by molar-refractivity contribution is 0.340. The van der Waals surface area contributed by atoms with Gasteiger partial charge in [0.25, 0.3) is 0 Å². The fourth-order valence-corrected chi connectivity index (χ4v) is 2.87. The van der Waals surface area contributed by atoms with E-state index in [0.29, 0.717) is 6.61 Å². The smallest absolute Gasteiger partial charge is 0.126 e. The van der Waals surface area contributed by atoms with Crippen LogP contribution in [0.4, 0.5) is 0 Å². The largest absolute Gasteiger partial charge is 0.494 e. The van der Waals surface area contributed by atoms with Crippen LogP contribution in [0.3, 0.4) is 0 Å². The monoisotopic (exact) mass is 342 g/mol. The Bertz CT molecular complexity index is 551. The summed E-state index contributed by atoms with van der Waals surface area (Å²) < 4.78 is 12.1. The Kier molecular flexibility index (Phi) is 4.94. The molecule has 0 amide bonds. The predicted octanol–water partition coefficient (Wildman–Crippen LogP) is 5.33. The second kappa shape index (κ2) is 6.49. The molecule has 0 aliphatic carbocycles. The Morgan fingerprint density at radius 1 is 1.26 bits per heavy atom. The first kappa shape index (κ1) is 14.5. The zero-order valence-corrected chi connectivity index (χ0v) is 13.3. The van der Waals surface area contributed by atoms with E-state index >= 15 is 0 Å². The molecule has 0 aliphatic rings. The Balaban J connectivity index is 2.25. The highest BCUT2D eigenvalue weighted by Gasteiger charge is 2.18. The molecule has 0 fully saturated rings. The van der Waals surface area contributed by atoms with E-state index in [1.807, 2.05) is 37.3 Å². The molecule has 0 N–H and O–H groups in total. The molecule has 102 valence electrons. The molecule has 4 heteroatoms. The number of furan rings is 1. The second-order valence-electron chi connectivity index (χ2n) is 4.14. The summed E-state index contributed by atoms with van der Waals surface area (Å²) in [7, 11) is 0. The summed E-state index contributed by atoms with van der Waals surface area (Å²) in [5.41, 5.74) is 0.974. The van der Waals surface area contributed by atoms with Crippen molar-refractivity contribution in [3.05, 3.63) is 51.9 Å². The third-order valence-corrected chi connectivity index (χ3v) is 3.97. The van der Waals surface area contributed by atoms with Gasteiger partial charge in [-0.3, -0.25) is 0 Å². The average Bonchev–Trinajstić information content (AvgIpc) is 2.87. The molecule has 2 nitrogen and oxygen atoms in total. The van der Waals surface area contributed by atoms with Crippen LogP contribution in [-0.4, -0.2) is 6.61 Å². The maximum Gasteiger partial charge on any atom is 0.126 e. The lowest BCUT2D eigenvalue weighted by Gasteiger charge is -2.11. The molecular weight excluding hydrogens is 328 g/mol. The van der Waals surface area contributed by atoms with Crippen LogP contribution in [0.2, 0.25) is 0 Å². The first-order valence-electron chi connectivity index (χ1n) is 6.30. The van der Waals surface area contributed by atoms with Gasteiger partial charge in [-0.05, 0) is 36.8 Å². The van der Waals surface area contributed by atoms with E-state index < -0.39 is 0 Å². The van der Waals surface area contributed by atoms with Gasteiger partial charge in [-0.2, -0.15) is 0 Å². The molecule has 1 atom stereocenters. The summed E-state index contributed by atoms with van der Waals surface area (Å²) in [6.45, 7) is 4.66. The van der Waals surface area contributed by atoms with Crippen molar-refractivity contribution in [1.82, 2.24) is 0 Å². The van der Waals surface area contributed by atoms with Crippen molar-refractivity contribution in [2.45, 2.75) is 25.6 Å². The highest BCUT2D eigenvalue weighted by Crippen LogP contribution is 2.36. The highest BCUT2D eigenvalue weighted by molar-refractivity contribution is 9.10. The Morgan fingerprint density at radius 3 is 2.63 bits per heavy atom. The summed E-state index contributed by atoms with van der Waals surface area (Å²) in [6.07, 6.45) is 0.869. The third kappa shape index (κ3) is 3.34. The number of halogens is 2. The number of alkyl halides is 1.